The molecule has 2 aliphatic heterocycles. The molecule has 2 aromatic rings. The molecule has 0 spiro atoms. The summed E-state index contributed by atoms with van der Waals surface area (Å²) >= 11 is 0. The summed E-state index contributed by atoms with van der Waals surface area (Å²) in [6, 6.07) is 4.06. The minimum atomic E-state index is 0.768. The van der Waals surface area contributed by atoms with E-state index in [-0.39, 0.29) is 0 Å². The molecule has 2 aromatic heterocycles. The Kier molecular flexibility index (Phi) is 4.25. The molecule has 4 rings (SSSR count). The molecule has 4 heterocycles. The zero-order valence-electron chi connectivity index (χ0n) is 14.0. The Morgan fingerprint density at radius 3 is 2.54 bits per heavy atom. The molecule has 2 aliphatic rings. The number of aryl methyl sites for hydroxylation is 1. The third-order valence-corrected chi connectivity index (χ3v) is 4.68. The highest BCUT2D eigenvalue weighted by Gasteiger charge is 2.23. The molecule has 126 valence electrons. The Morgan fingerprint density at radius 1 is 0.917 bits per heavy atom. The van der Waals surface area contributed by atoms with E-state index in [2.05, 4.69) is 30.0 Å². The summed E-state index contributed by atoms with van der Waals surface area (Å²) in [5.41, 5.74) is 3.38. The molecule has 0 amide bonds. The van der Waals surface area contributed by atoms with Gasteiger partial charge in [0.15, 0.2) is 5.82 Å². The van der Waals surface area contributed by atoms with Crippen LogP contribution in [-0.2, 0) is 17.6 Å². The largest absolute Gasteiger partial charge is 0.378 e. The lowest BCUT2D eigenvalue weighted by molar-refractivity contribution is 0.122. The molecule has 0 radical (unpaired) electrons. The highest BCUT2D eigenvalue weighted by atomic mass is 16.5. The molecule has 0 aliphatic carbocycles. The van der Waals surface area contributed by atoms with E-state index in [9.17, 15) is 0 Å². The minimum absolute atomic E-state index is 0.768. The molecule has 0 N–H and O–H groups in total. The van der Waals surface area contributed by atoms with Crippen molar-refractivity contribution in [2.24, 2.45) is 0 Å². The van der Waals surface area contributed by atoms with Crippen molar-refractivity contribution in [3.63, 3.8) is 0 Å². The Morgan fingerprint density at radius 2 is 1.75 bits per heavy atom. The smallest absolute Gasteiger partial charge is 0.151 e. The average Bonchev–Trinajstić information content (AvgIpc) is 2.86. The van der Waals surface area contributed by atoms with Gasteiger partial charge < -0.3 is 14.5 Å². The van der Waals surface area contributed by atoms with Crippen LogP contribution < -0.4 is 9.80 Å². The van der Waals surface area contributed by atoms with Gasteiger partial charge in [-0.05, 0) is 25.5 Å². The van der Waals surface area contributed by atoms with Crippen LogP contribution >= 0.6 is 0 Å². The number of morpholine rings is 1. The normalized spacial score (nSPS) is 18.2. The predicted molar refractivity (Wildman–Crippen MR) is 91.5 cm³/mol. The first-order valence-electron chi connectivity index (χ1n) is 8.52. The standard InChI is InChI=1S/C17H22N6O/c1-13-2-3-16(21-20-13)22-6-4-14-15(5-7-22)18-12-19-17(14)23-8-10-24-11-9-23/h2-3,12H,4-11H2,1H3. The maximum absolute atomic E-state index is 5.47. The number of hydrogen-bond donors (Lipinski definition) is 0. The Balaban J connectivity index is 1.57. The van der Waals surface area contributed by atoms with E-state index in [1.54, 1.807) is 6.33 Å². The van der Waals surface area contributed by atoms with E-state index in [0.29, 0.717) is 0 Å². The van der Waals surface area contributed by atoms with Gasteiger partial charge in [0.05, 0.1) is 24.6 Å². The molecule has 0 saturated carbocycles. The third kappa shape index (κ3) is 3.03. The van der Waals surface area contributed by atoms with Gasteiger partial charge >= 0.3 is 0 Å². The molecule has 0 unspecified atom stereocenters. The molecule has 0 aromatic carbocycles. The summed E-state index contributed by atoms with van der Waals surface area (Å²) in [7, 11) is 0. The number of ether oxygens (including phenoxy) is 1. The van der Waals surface area contributed by atoms with Gasteiger partial charge in [0, 0.05) is 38.2 Å². The molecule has 7 heteroatoms. The lowest BCUT2D eigenvalue weighted by Gasteiger charge is -2.29. The second kappa shape index (κ2) is 6.68. The van der Waals surface area contributed by atoms with E-state index in [1.807, 2.05) is 19.1 Å². The number of anilines is 2. The quantitative estimate of drug-likeness (QED) is 0.816. The monoisotopic (exact) mass is 326 g/mol. The molecule has 7 nitrogen and oxygen atoms in total. The van der Waals surface area contributed by atoms with E-state index in [0.717, 1.165) is 75.3 Å². The number of fused-ring (bicyclic) bond motifs is 1. The minimum Gasteiger partial charge on any atom is -0.378 e. The van der Waals surface area contributed by atoms with Crippen molar-refractivity contribution in [3.05, 3.63) is 35.4 Å². The van der Waals surface area contributed by atoms with Crippen LogP contribution in [0.25, 0.3) is 0 Å². The zero-order chi connectivity index (χ0) is 16.4. The van der Waals surface area contributed by atoms with Crippen LogP contribution in [0, 0.1) is 6.92 Å². The fourth-order valence-electron chi connectivity index (χ4n) is 3.35. The summed E-state index contributed by atoms with van der Waals surface area (Å²) < 4.78 is 5.47. The Bertz CT molecular complexity index is 699. The molecule has 0 atom stereocenters. The van der Waals surface area contributed by atoms with Gasteiger partial charge in [0.2, 0.25) is 0 Å². The molecule has 1 saturated heterocycles. The summed E-state index contributed by atoms with van der Waals surface area (Å²) in [5, 5.41) is 8.51. The Labute approximate surface area is 141 Å². The molecular weight excluding hydrogens is 304 g/mol. The van der Waals surface area contributed by atoms with Crippen LogP contribution in [0.3, 0.4) is 0 Å². The summed E-state index contributed by atoms with van der Waals surface area (Å²) in [4.78, 5) is 13.7. The van der Waals surface area contributed by atoms with Crippen LogP contribution in [0.2, 0.25) is 0 Å². The third-order valence-electron chi connectivity index (χ3n) is 4.68. The van der Waals surface area contributed by atoms with Crippen molar-refractivity contribution >= 4 is 11.6 Å². The van der Waals surface area contributed by atoms with Crippen molar-refractivity contribution in [3.8, 4) is 0 Å². The second-order valence-electron chi connectivity index (χ2n) is 6.24. The number of nitrogens with zero attached hydrogens (tertiary/aromatic N) is 6. The predicted octanol–water partition coefficient (Wildman–Crippen LogP) is 1.02. The first-order chi connectivity index (χ1) is 11.8. The topological polar surface area (TPSA) is 67.3 Å². The van der Waals surface area contributed by atoms with Crippen LogP contribution in [0.4, 0.5) is 11.6 Å². The van der Waals surface area contributed by atoms with Crippen molar-refractivity contribution < 1.29 is 4.74 Å². The second-order valence-corrected chi connectivity index (χ2v) is 6.24. The van der Waals surface area contributed by atoms with Crippen molar-refractivity contribution in [2.75, 3.05) is 49.2 Å². The molecule has 1 fully saturated rings. The van der Waals surface area contributed by atoms with E-state index < -0.39 is 0 Å². The lowest BCUT2D eigenvalue weighted by Crippen LogP contribution is -2.37. The number of hydrogen-bond acceptors (Lipinski definition) is 7. The summed E-state index contributed by atoms with van der Waals surface area (Å²) in [5.74, 6) is 2.02. The highest BCUT2D eigenvalue weighted by Crippen LogP contribution is 2.25. The molecule has 24 heavy (non-hydrogen) atoms. The lowest BCUT2D eigenvalue weighted by atomic mass is 10.1. The summed E-state index contributed by atoms with van der Waals surface area (Å²) in [6.07, 6.45) is 3.54. The van der Waals surface area contributed by atoms with Gasteiger partial charge in [-0.3, -0.25) is 0 Å². The fourth-order valence-corrected chi connectivity index (χ4v) is 3.35. The van der Waals surface area contributed by atoms with Gasteiger partial charge in [0.25, 0.3) is 0 Å². The van der Waals surface area contributed by atoms with E-state index in [1.165, 1.54) is 5.56 Å². The molecule has 0 bridgehead atoms. The van der Waals surface area contributed by atoms with Crippen LogP contribution in [-0.4, -0.2) is 59.6 Å². The fraction of sp³-hybridized carbons (Fsp3) is 0.529. The maximum Gasteiger partial charge on any atom is 0.151 e. The SMILES string of the molecule is Cc1ccc(N2CCc3ncnc(N4CCOCC4)c3CC2)nn1. The van der Waals surface area contributed by atoms with E-state index in [4.69, 9.17) is 4.74 Å². The Hall–Kier alpha value is -2.28. The van der Waals surface area contributed by atoms with Gasteiger partial charge in [0.1, 0.15) is 12.1 Å². The van der Waals surface area contributed by atoms with Crippen LogP contribution in [0.5, 0.6) is 0 Å². The summed E-state index contributed by atoms with van der Waals surface area (Å²) in [6.45, 7) is 7.11. The van der Waals surface area contributed by atoms with Crippen LogP contribution in [0.1, 0.15) is 17.0 Å². The van der Waals surface area contributed by atoms with Crippen molar-refractivity contribution in [2.45, 2.75) is 19.8 Å². The number of rotatable bonds is 2. The zero-order valence-corrected chi connectivity index (χ0v) is 14.0. The van der Waals surface area contributed by atoms with Gasteiger partial charge in [-0.25, -0.2) is 9.97 Å². The first-order valence-corrected chi connectivity index (χ1v) is 8.52. The van der Waals surface area contributed by atoms with Gasteiger partial charge in [-0.2, -0.15) is 5.10 Å². The van der Waals surface area contributed by atoms with E-state index >= 15 is 0 Å². The van der Waals surface area contributed by atoms with Crippen LogP contribution in [0.15, 0.2) is 18.5 Å². The first kappa shape index (κ1) is 15.3. The van der Waals surface area contributed by atoms with Gasteiger partial charge in [-0.1, -0.05) is 0 Å². The van der Waals surface area contributed by atoms with Gasteiger partial charge in [-0.15, -0.1) is 5.10 Å². The molecular formula is C17H22N6O. The average molecular weight is 326 g/mol. The highest BCUT2D eigenvalue weighted by molar-refractivity contribution is 5.51. The number of aromatic nitrogens is 4. The van der Waals surface area contributed by atoms with Crippen molar-refractivity contribution in [1.29, 1.82) is 0 Å². The van der Waals surface area contributed by atoms with Crippen molar-refractivity contribution in [1.82, 2.24) is 20.2 Å². The maximum atomic E-state index is 5.47.